The highest BCUT2D eigenvalue weighted by molar-refractivity contribution is 5.71. The SMILES string of the molecule is NC=CCN1Cc2ccccc2C2C=NOC21. The van der Waals surface area contributed by atoms with E-state index in [1.165, 1.54) is 11.1 Å². The van der Waals surface area contributed by atoms with Crippen molar-refractivity contribution in [3.63, 3.8) is 0 Å². The minimum atomic E-state index is 0.0149. The van der Waals surface area contributed by atoms with Gasteiger partial charge in [-0.1, -0.05) is 35.5 Å². The maximum atomic E-state index is 5.44. The van der Waals surface area contributed by atoms with E-state index in [2.05, 4.69) is 34.3 Å². The molecule has 2 N–H and O–H groups in total. The van der Waals surface area contributed by atoms with Gasteiger partial charge >= 0.3 is 0 Å². The predicted molar refractivity (Wildman–Crippen MR) is 66.3 cm³/mol. The van der Waals surface area contributed by atoms with E-state index in [9.17, 15) is 0 Å². The van der Waals surface area contributed by atoms with Gasteiger partial charge in [0.05, 0.1) is 12.1 Å². The Morgan fingerprint density at radius 3 is 3.24 bits per heavy atom. The molecule has 0 spiro atoms. The average molecular weight is 229 g/mol. The van der Waals surface area contributed by atoms with Gasteiger partial charge in [-0.25, -0.2) is 0 Å². The fourth-order valence-electron chi connectivity index (χ4n) is 2.51. The number of hydrogen-bond acceptors (Lipinski definition) is 4. The first-order chi connectivity index (χ1) is 8.40. The van der Waals surface area contributed by atoms with Crippen molar-refractivity contribution in [2.75, 3.05) is 6.54 Å². The van der Waals surface area contributed by atoms with Crippen LogP contribution in [0.5, 0.6) is 0 Å². The molecule has 2 aliphatic heterocycles. The maximum Gasteiger partial charge on any atom is 0.193 e. The van der Waals surface area contributed by atoms with Gasteiger partial charge < -0.3 is 10.6 Å². The zero-order valence-electron chi connectivity index (χ0n) is 9.49. The van der Waals surface area contributed by atoms with Crippen LogP contribution >= 0.6 is 0 Å². The summed E-state index contributed by atoms with van der Waals surface area (Å²) in [5, 5.41) is 3.96. The van der Waals surface area contributed by atoms with Crippen molar-refractivity contribution in [1.82, 2.24) is 4.90 Å². The summed E-state index contributed by atoms with van der Waals surface area (Å²) in [5.41, 5.74) is 8.07. The predicted octanol–water partition coefficient (Wildman–Crippen LogP) is 1.40. The summed E-state index contributed by atoms with van der Waals surface area (Å²) in [6, 6.07) is 8.46. The quantitative estimate of drug-likeness (QED) is 0.834. The van der Waals surface area contributed by atoms with Crippen molar-refractivity contribution in [3.05, 3.63) is 47.7 Å². The van der Waals surface area contributed by atoms with Gasteiger partial charge in [-0.15, -0.1) is 0 Å². The van der Waals surface area contributed by atoms with E-state index >= 15 is 0 Å². The fraction of sp³-hybridized carbons (Fsp3) is 0.308. The minimum absolute atomic E-state index is 0.0149. The van der Waals surface area contributed by atoms with Gasteiger partial charge in [0.2, 0.25) is 0 Å². The van der Waals surface area contributed by atoms with E-state index < -0.39 is 0 Å². The Labute approximate surface area is 100 Å². The van der Waals surface area contributed by atoms with Crippen molar-refractivity contribution >= 4 is 6.21 Å². The van der Waals surface area contributed by atoms with Crippen molar-refractivity contribution in [3.8, 4) is 0 Å². The molecule has 4 nitrogen and oxygen atoms in total. The molecule has 0 aliphatic carbocycles. The van der Waals surface area contributed by atoms with Crippen molar-refractivity contribution < 1.29 is 4.84 Å². The topological polar surface area (TPSA) is 50.8 Å². The molecule has 0 fully saturated rings. The third-order valence-electron chi connectivity index (χ3n) is 3.32. The largest absolute Gasteiger partial charge is 0.405 e. The van der Waals surface area contributed by atoms with Crippen molar-refractivity contribution in [2.24, 2.45) is 10.9 Å². The average Bonchev–Trinajstić information content (AvgIpc) is 2.85. The molecule has 17 heavy (non-hydrogen) atoms. The molecule has 1 aromatic carbocycles. The lowest BCUT2D eigenvalue weighted by molar-refractivity contribution is -0.0513. The van der Waals surface area contributed by atoms with Gasteiger partial charge in [-0.2, -0.15) is 0 Å². The highest BCUT2D eigenvalue weighted by Gasteiger charge is 2.38. The van der Waals surface area contributed by atoms with Crippen molar-refractivity contribution in [2.45, 2.75) is 18.7 Å². The van der Waals surface area contributed by atoms with E-state index in [0.717, 1.165) is 13.1 Å². The standard InChI is InChI=1S/C13H15N3O/c14-6-3-7-16-9-10-4-1-2-5-11(10)12-8-15-17-13(12)16/h1-6,8,12-13H,7,9,14H2. The molecule has 0 bridgehead atoms. The normalized spacial score (nSPS) is 26.8. The fourth-order valence-corrected chi connectivity index (χ4v) is 2.51. The molecule has 2 atom stereocenters. The lowest BCUT2D eigenvalue weighted by Gasteiger charge is -2.35. The second kappa shape index (κ2) is 4.22. The van der Waals surface area contributed by atoms with Gasteiger partial charge in [0.1, 0.15) is 0 Å². The first kappa shape index (κ1) is 10.4. The number of fused-ring (bicyclic) bond motifs is 3. The third kappa shape index (κ3) is 1.70. The van der Waals surface area contributed by atoms with Gasteiger partial charge in [-0.05, 0) is 17.3 Å². The molecule has 88 valence electrons. The molecule has 3 rings (SSSR count). The number of hydrogen-bond donors (Lipinski definition) is 1. The van der Waals surface area contributed by atoms with Crippen LogP contribution in [-0.2, 0) is 11.4 Å². The number of nitrogens with zero attached hydrogens (tertiary/aromatic N) is 2. The Bertz CT molecular complexity index is 469. The summed E-state index contributed by atoms with van der Waals surface area (Å²) in [7, 11) is 0. The van der Waals surface area contributed by atoms with Crippen LogP contribution < -0.4 is 5.73 Å². The Morgan fingerprint density at radius 1 is 1.47 bits per heavy atom. The lowest BCUT2D eigenvalue weighted by Crippen LogP contribution is -2.42. The number of benzene rings is 1. The van der Waals surface area contributed by atoms with Gasteiger partial charge in [0, 0.05) is 13.1 Å². The Kier molecular flexibility index (Phi) is 2.57. The molecule has 0 saturated heterocycles. The third-order valence-corrected chi connectivity index (χ3v) is 3.32. The van der Waals surface area contributed by atoms with Crippen LogP contribution in [0.15, 0.2) is 41.7 Å². The Balaban J connectivity index is 1.94. The maximum absolute atomic E-state index is 5.44. The molecule has 1 aromatic rings. The van der Waals surface area contributed by atoms with Gasteiger partial charge in [-0.3, -0.25) is 4.90 Å². The second-order valence-corrected chi connectivity index (χ2v) is 4.33. The molecule has 4 heteroatoms. The Morgan fingerprint density at radius 2 is 2.35 bits per heavy atom. The molecule has 2 heterocycles. The van der Waals surface area contributed by atoms with Crippen LogP contribution in [0.1, 0.15) is 17.0 Å². The van der Waals surface area contributed by atoms with Crippen LogP contribution in [0.3, 0.4) is 0 Å². The zero-order chi connectivity index (χ0) is 11.7. The summed E-state index contributed by atoms with van der Waals surface area (Å²) < 4.78 is 0. The van der Waals surface area contributed by atoms with Gasteiger partial charge in [0.15, 0.2) is 6.23 Å². The molecule has 2 unspecified atom stereocenters. The summed E-state index contributed by atoms with van der Waals surface area (Å²) in [4.78, 5) is 7.68. The Hall–Kier alpha value is -1.81. The first-order valence-electron chi connectivity index (χ1n) is 5.78. The van der Waals surface area contributed by atoms with Gasteiger partial charge in [0.25, 0.3) is 0 Å². The molecule has 0 saturated carbocycles. The van der Waals surface area contributed by atoms with E-state index in [1.807, 2.05) is 12.3 Å². The van der Waals surface area contributed by atoms with E-state index in [4.69, 9.17) is 10.6 Å². The molecule has 0 amide bonds. The highest BCUT2D eigenvalue weighted by atomic mass is 16.7. The summed E-state index contributed by atoms with van der Waals surface area (Å²) in [6.07, 6.45) is 5.42. The number of rotatable bonds is 2. The highest BCUT2D eigenvalue weighted by Crippen LogP contribution is 2.35. The molecular formula is C13H15N3O. The molecular weight excluding hydrogens is 214 g/mol. The monoisotopic (exact) mass is 229 g/mol. The van der Waals surface area contributed by atoms with E-state index in [1.54, 1.807) is 6.20 Å². The van der Waals surface area contributed by atoms with E-state index in [0.29, 0.717) is 0 Å². The van der Waals surface area contributed by atoms with Crippen LogP contribution in [0.25, 0.3) is 0 Å². The van der Waals surface area contributed by atoms with Crippen LogP contribution in [0.4, 0.5) is 0 Å². The first-order valence-corrected chi connectivity index (χ1v) is 5.78. The smallest absolute Gasteiger partial charge is 0.193 e. The minimum Gasteiger partial charge on any atom is -0.405 e. The molecule has 2 aliphatic rings. The van der Waals surface area contributed by atoms with Crippen LogP contribution in [0, 0.1) is 0 Å². The number of nitrogens with two attached hydrogens (primary N) is 1. The van der Waals surface area contributed by atoms with Crippen LogP contribution in [0.2, 0.25) is 0 Å². The van der Waals surface area contributed by atoms with Crippen LogP contribution in [-0.4, -0.2) is 23.9 Å². The summed E-state index contributed by atoms with van der Waals surface area (Å²) >= 11 is 0. The summed E-state index contributed by atoms with van der Waals surface area (Å²) in [5.74, 6) is 0.242. The van der Waals surface area contributed by atoms with Crippen molar-refractivity contribution in [1.29, 1.82) is 0 Å². The summed E-state index contributed by atoms with van der Waals surface area (Å²) in [6.45, 7) is 1.67. The van der Waals surface area contributed by atoms with E-state index in [-0.39, 0.29) is 12.1 Å². The molecule has 0 radical (unpaired) electrons. The zero-order valence-corrected chi connectivity index (χ0v) is 9.49. The number of oxime groups is 1. The molecule has 0 aromatic heterocycles. The second-order valence-electron chi connectivity index (χ2n) is 4.33. The lowest BCUT2D eigenvalue weighted by atomic mass is 9.89.